The van der Waals surface area contributed by atoms with Gasteiger partial charge in [-0.2, -0.15) is 0 Å². The molecule has 3 rings (SSSR count). The average molecular weight is 332 g/mol. The van der Waals surface area contributed by atoms with Gasteiger partial charge in [-0.1, -0.05) is 12.1 Å². The minimum atomic E-state index is -3.16. The lowest BCUT2D eigenvalue weighted by molar-refractivity contribution is 0.261. The van der Waals surface area contributed by atoms with Crippen LogP contribution in [0.25, 0.3) is 0 Å². The summed E-state index contributed by atoms with van der Waals surface area (Å²) in [5.74, 6) is 0.757. The van der Waals surface area contributed by atoms with Gasteiger partial charge in [0.1, 0.15) is 5.75 Å². The van der Waals surface area contributed by atoms with Crippen LogP contribution in [0.1, 0.15) is 30.9 Å². The molecule has 0 aromatic heterocycles. The van der Waals surface area contributed by atoms with Crippen molar-refractivity contribution in [2.24, 2.45) is 0 Å². The van der Waals surface area contributed by atoms with E-state index in [1.165, 1.54) is 0 Å². The maximum atomic E-state index is 12.0. The zero-order chi connectivity index (χ0) is 12.8. The maximum absolute atomic E-state index is 12.0. The molecule has 1 atom stereocenters. The second-order valence-electron chi connectivity index (χ2n) is 4.71. The van der Waals surface area contributed by atoms with Gasteiger partial charge < -0.3 is 4.74 Å². The summed E-state index contributed by atoms with van der Waals surface area (Å²) in [6, 6.07) is 5.54. The first-order valence-corrected chi connectivity index (χ1v) is 8.34. The first-order chi connectivity index (χ1) is 8.58. The van der Waals surface area contributed by atoms with E-state index in [0.717, 1.165) is 28.6 Å². The number of sulfonamides is 1. The van der Waals surface area contributed by atoms with Crippen molar-refractivity contribution in [2.75, 3.05) is 6.61 Å². The second kappa shape index (κ2) is 4.51. The standard InChI is InChI=1S/C12H14BrNO3S/c13-10-3-1-2-9-11(6-7-17-12(9)10)14-18(15,16)8-4-5-8/h1-3,8,11,14H,4-7H2/t11-/m1/s1. The zero-order valence-electron chi connectivity index (χ0n) is 9.73. The van der Waals surface area contributed by atoms with Crippen LogP contribution in [0.2, 0.25) is 0 Å². The largest absolute Gasteiger partial charge is 0.492 e. The molecule has 2 aliphatic rings. The second-order valence-corrected chi connectivity index (χ2v) is 7.56. The quantitative estimate of drug-likeness (QED) is 0.924. The highest BCUT2D eigenvalue weighted by Crippen LogP contribution is 2.39. The van der Waals surface area contributed by atoms with Crippen LogP contribution >= 0.6 is 15.9 Å². The summed E-state index contributed by atoms with van der Waals surface area (Å²) in [5.41, 5.74) is 0.917. The molecule has 1 fully saturated rings. The van der Waals surface area contributed by atoms with E-state index in [-0.39, 0.29) is 11.3 Å². The normalized spacial score (nSPS) is 23.3. The molecule has 0 amide bonds. The minimum absolute atomic E-state index is 0.170. The molecule has 18 heavy (non-hydrogen) atoms. The number of para-hydroxylation sites is 1. The smallest absolute Gasteiger partial charge is 0.215 e. The molecule has 4 nitrogen and oxygen atoms in total. The van der Waals surface area contributed by atoms with Crippen molar-refractivity contribution in [1.82, 2.24) is 4.72 Å². The number of halogens is 1. The number of rotatable bonds is 3. The fraction of sp³-hybridized carbons (Fsp3) is 0.500. The number of hydrogen-bond acceptors (Lipinski definition) is 3. The molecule has 1 aromatic carbocycles. The van der Waals surface area contributed by atoms with Gasteiger partial charge >= 0.3 is 0 Å². The van der Waals surface area contributed by atoms with Gasteiger partial charge in [0.15, 0.2) is 0 Å². The molecule has 1 heterocycles. The minimum Gasteiger partial charge on any atom is -0.492 e. The summed E-state index contributed by atoms with van der Waals surface area (Å²) in [5, 5.41) is -0.184. The van der Waals surface area contributed by atoms with Crippen LogP contribution in [0.4, 0.5) is 0 Å². The van der Waals surface area contributed by atoms with Crippen LogP contribution in [-0.4, -0.2) is 20.3 Å². The Bertz CT molecular complexity index is 569. The van der Waals surface area contributed by atoms with Crippen LogP contribution in [-0.2, 0) is 10.0 Å². The Morgan fingerprint density at radius 1 is 1.28 bits per heavy atom. The number of nitrogens with one attached hydrogen (secondary N) is 1. The van der Waals surface area contributed by atoms with Crippen LogP contribution in [0.15, 0.2) is 22.7 Å². The fourth-order valence-corrected chi connectivity index (χ4v) is 4.27. The third-order valence-corrected chi connectivity index (χ3v) is 5.88. The van der Waals surface area contributed by atoms with E-state index < -0.39 is 10.0 Å². The number of fused-ring (bicyclic) bond motifs is 1. The van der Waals surface area contributed by atoms with Crippen molar-refractivity contribution in [1.29, 1.82) is 0 Å². The van der Waals surface area contributed by atoms with Gasteiger partial charge in [-0.3, -0.25) is 0 Å². The molecule has 0 bridgehead atoms. The van der Waals surface area contributed by atoms with E-state index in [0.29, 0.717) is 13.0 Å². The van der Waals surface area contributed by atoms with E-state index in [1.54, 1.807) is 0 Å². The summed E-state index contributed by atoms with van der Waals surface area (Å²) in [7, 11) is -3.16. The van der Waals surface area contributed by atoms with E-state index in [2.05, 4.69) is 20.7 Å². The van der Waals surface area contributed by atoms with Crippen LogP contribution in [0, 0.1) is 0 Å². The van der Waals surface area contributed by atoms with Gasteiger partial charge in [0.25, 0.3) is 0 Å². The predicted octanol–water partition coefficient (Wildman–Crippen LogP) is 2.35. The Morgan fingerprint density at radius 2 is 2.06 bits per heavy atom. The van der Waals surface area contributed by atoms with Gasteiger partial charge in [0.2, 0.25) is 10.0 Å². The molecule has 0 radical (unpaired) electrons. The van der Waals surface area contributed by atoms with Crippen LogP contribution in [0.3, 0.4) is 0 Å². The molecule has 1 aliphatic heterocycles. The Hall–Kier alpha value is -0.590. The SMILES string of the molecule is O=S(=O)(N[C@@H]1CCOc2c(Br)cccc21)C1CC1. The molecule has 98 valence electrons. The Morgan fingerprint density at radius 3 is 2.78 bits per heavy atom. The molecule has 6 heteroatoms. The van der Waals surface area contributed by atoms with Gasteiger partial charge in [-0.05, 0) is 34.8 Å². The topological polar surface area (TPSA) is 55.4 Å². The first kappa shape index (κ1) is 12.4. The molecule has 1 aliphatic carbocycles. The molecular formula is C12H14BrNO3S. The number of benzene rings is 1. The molecule has 0 spiro atoms. The fourth-order valence-electron chi connectivity index (χ4n) is 2.18. The summed E-state index contributed by atoms with van der Waals surface area (Å²) in [6.45, 7) is 0.535. The molecular weight excluding hydrogens is 318 g/mol. The highest BCUT2D eigenvalue weighted by Gasteiger charge is 2.38. The summed E-state index contributed by atoms with van der Waals surface area (Å²) in [4.78, 5) is 0. The highest BCUT2D eigenvalue weighted by atomic mass is 79.9. The molecule has 1 aromatic rings. The van der Waals surface area contributed by atoms with Crippen LogP contribution in [0.5, 0.6) is 5.75 Å². The molecule has 1 saturated carbocycles. The van der Waals surface area contributed by atoms with Crippen molar-refractivity contribution in [3.05, 3.63) is 28.2 Å². The Balaban J connectivity index is 1.90. The van der Waals surface area contributed by atoms with Crippen molar-refractivity contribution >= 4 is 26.0 Å². The van der Waals surface area contributed by atoms with Crippen molar-refractivity contribution < 1.29 is 13.2 Å². The third-order valence-electron chi connectivity index (χ3n) is 3.30. The van der Waals surface area contributed by atoms with E-state index in [9.17, 15) is 8.42 Å². The lowest BCUT2D eigenvalue weighted by atomic mass is 10.0. The highest BCUT2D eigenvalue weighted by molar-refractivity contribution is 9.10. The summed E-state index contributed by atoms with van der Waals surface area (Å²) in [6.07, 6.45) is 2.24. The Labute approximate surface area is 115 Å². The molecule has 0 unspecified atom stereocenters. The van der Waals surface area contributed by atoms with E-state index in [4.69, 9.17) is 4.74 Å². The lowest BCUT2D eigenvalue weighted by Crippen LogP contribution is -2.34. The number of hydrogen-bond donors (Lipinski definition) is 1. The zero-order valence-corrected chi connectivity index (χ0v) is 12.1. The van der Waals surface area contributed by atoms with Gasteiger partial charge in [0.05, 0.1) is 22.4 Å². The third kappa shape index (κ3) is 2.29. The van der Waals surface area contributed by atoms with E-state index >= 15 is 0 Å². The predicted molar refractivity (Wildman–Crippen MR) is 72.1 cm³/mol. The van der Waals surface area contributed by atoms with Gasteiger partial charge in [-0.15, -0.1) is 0 Å². The molecule has 0 saturated heterocycles. The lowest BCUT2D eigenvalue weighted by Gasteiger charge is -2.27. The maximum Gasteiger partial charge on any atom is 0.215 e. The molecule has 1 N–H and O–H groups in total. The average Bonchev–Trinajstić information content (AvgIpc) is 3.14. The van der Waals surface area contributed by atoms with E-state index in [1.807, 2.05) is 18.2 Å². The Kier molecular flexibility index (Phi) is 3.11. The number of ether oxygens (including phenoxy) is 1. The summed E-state index contributed by atoms with van der Waals surface area (Å²) >= 11 is 3.43. The first-order valence-electron chi connectivity index (χ1n) is 6.00. The van der Waals surface area contributed by atoms with Crippen molar-refractivity contribution in [3.63, 3.8) is 0 Å². The summed E-state index contributed by atoms with van der Waals surface area (Å²) < 4.78 is 33.3. The van der Waals surface area contributed by atoms with Gasteiger partial charge in [-0.25, -0.2) is 13.1 Å². The van der Waals surface area contributed by atoms with Gasteiger partial charge in [0, 0.05) is 12.0 Å². The van der Waals surface area contributed by atoms with Crippen molar-refractivity contribution in [3.8, 4) is 5.75 Å². The van der Waals surface area contributed by atoms with Crippen LogP contribution < -0.4 is 9.46 Å². The van der Waals surface area contributed by atoms with Crippen molar-refractivity contribution in [2.45, 2.75) is 30.6 Å². The monoisotopic (exact) mass is 331 g/mol.